The number of amides is 2. The minimum atomic E-state index is -4.48. The summed E-state index contributed by atoms with van der Waals surface area (Å²) in [5, 5.41) is 5.83. The molecule has 31 heavy (non-hydrogen) atoms. The molecule has 0 saturated heterocycles. The summed E-state index contributed by atoms with van der Waals surface area (Å²) in [5.41, 5.74) is 0.466. The third kappa shape index (κ3) is 4.92. The molecule has 0 saturated carbocycles. The van der Waals surface area contributed by atoms with Gasteiger partial charge in [0.15, 0.2) is 0 Å². The molecule has 156 valence electrons. The average molecular weight is 423 g/mol. The molecule has 1 aromatic heterocycles. The van der Waals surface area contributed by atoms with Crippen molar-refractivity contribution in [2.75, 3.05) is 10.6 Å². The quantitative estimate of drug-likeness (QED) is 0.384. The van der Waals surface area contributed by atoms with Crippen LogP contribution in [-0.4, -0.2) is 11.0 Å². The molecular formula is C23H16F3N3O2. The zero-order valence-electron chi connectivity index (χ0n) is 16.0. The summed E-state index contributed by atoms with van der Waals surface area (Å²) < 4.78 is 44.3. The summed E-state index contributed by atoms with van der Waals surface area (Å²) >= 11 is 0. The number of pyridine rings is 1. The molecule has 0 unspecified atom stereocenters. The zero-order valence-corrected chi connectivity index (χ0v) is 16.0. The Hall–Kier alpha value is -4.07. The van der Waals surface area contributed by atoms with Gasteiger partial charge in [-0.05, 0) is 60.7 Å². The van der Waals surface area contributed by atoms with Gasteiger partial charge in [-0.2, -0.15) is 13.2 Å². The molecule has 0 atom stereocenters. The molecule has 0 aliphatic heterocycles. The van der Waals surface area contributed by atoms with E-state index < -0.39 is 17.8 Å². The maximum Gasteiger partial charge on any atom is 0.416 e. The van der Waals surface area contributed by atoms with Crippen molar-refractivity contribution in [2.24, 2.45) is 0 Å². The molecule has 1 heterocycles. The highest BCUT2D eigenvalue weighted by molar-refractivity contribution is 5.99. The number of ether oxygens (including phenoxy) is 1. The normalized spacial score (nSPS) is 11.2. The van der Waals surface area contributed by atoms with Crippen molar-refractivity contribution in [2.45, 2.75) is 6.18 Å². The van der Waals surface area contributed by atoms with Crippen LogP contribution in [0.1, 0.15) is 5.56 Å². The van der Waals surface area contributed by atoms with Crippen molar-refractivity contribution in [3.63, 3.8) is 0 Å². The van der Waals surface area contributed by atoms with Crippen LogP contribution in [-0.2, 0) is 6.18 Å². The van der Waals surface area contributed by atoms with Gasteiger partial charge in [0.05, 0.1) is 11.1 Å². The standard InChI is InChI=1S/C23H16F3N3O2/c24-23(25,26)15-4-3-5-17(14-15)29-22(30)28-16-8-10-18(11-9-16)31-21-12-13-27-20-7-2-1-6-19(20)21/h1-14H,(H2,28,29,30). The number of carbonyl (C=O) groups is 1. The van der Waals surface area contributed by atoms with Crippen molar-refractivity contribution in [1.29, 1.82) is 0 Å². The highest BCUT2D eigenvalue weighted by Crippen LogP contribution is 2.31. The van der Waals surface area contributed by atoms with Crippen molar-refractivity contribution in [1.82, 2.24) is 4.98 Å². The first-order valence-electron chi connectivity index (χ1n) is 9.25. The third-order valence-corrected chi connectivity index (χ3v) is 4.40. The largest absolute Gasteiger partial charge is 0.457 e. The second kappa shape index (κ2) is 8.35. The minimum Gasteiger partial charge on any atom is -0.457 e. The van der Waals surface area contributed by atoms with Crippen LogP contribution >= 0.6 is 0 Å². The number of hydrogen-bond donors (Lipinski definition) is 2. The molecule has 0 fully saturated rings. The Balaban J connectivity index is 1.41. The molecule has 0 bridgehead atoms. The number of alkyl halides is 3. The Kier molecular flexibility index (Phi) is 5.44. The van der Waals surface area contributed by atoms with E-state index in [1.807, 2.05) is 24.3 Å². The fourth-order valence-electron chi connectivity index (χ4n) is 2.96. The fourth-order valence-corrected chi connectivity index (χ4v) is 2.96. The van der Waals surface area contributed by atoms with Gasteiger partial charge in [0.2, 0.25) is 0 Å². The monoisotopic (exact) mass is 423 g/mol. The van der Waals surface area contributed by atoms with Gasteiger partial charge < -0.3 is 15.4 Å². The van der Waals surface area contributed by atoms with E-state index in [9.17, 15) is 18.0 Å². The number of urea groups is 1. The summed E-state index contributed by atoms with van der Waals surface area (Å²) in [6.45, 7) is 0. The minimum absolute atomic E-state index is 0.0387. The molecule has 0 aliphatic rings. The molecule has 4 aromatic rings. The molecule has 0 radical (unpaired) electrons. The van der Waals surface area contributed by atoms with Gasteiger partial charge >= 0.3 is 12.2 Å². The molecule has 0 spiro atoms. The summed E-state index contributed by atoms with van der Waals surface area (Å²) in [4.78, 5) is 16.4. The van der Waals surface area contributed by atoms with E-state index in [4.69, 9.17) is 4.74 Å². The number of benzene rings is 3. The number of halogens is 3. The first-order chi connectivity index (χ1) is 14.9. The van der Waals surface area contributed by atoms with Gasteiger partial charge in [0.25, 0.3) is 0 Å². The summed E-state index contributed by atoms with van der Waals surface area (Å²) in [6.07, 6.45) is -2.82. The van der Waals surface area contributed by atoms with Crippen LogP contribution < -0.4 is 15.4 Å². The molecule has 4 rings (SSSR count). The lowest BCUT2D eigenvalue weighted by atomic mass is 10.2. The number of para-hydroxylation sites is 1. The van der Waals surface area contributed by atoms with Gasteiger partial charge in [0.1, 0.15) is 11.5 Å². The van der Waals surface area contributed by atoms with Gasteiger partial charge in [-0.15, -0.1) is 0 Å². The number of aromatic nitrogens is 1. The Labute approximate surface area is 175 Å². The molecule has 0 aliphatic carbocycles. The lowest BCUT2D eigenvalue weighted by Crippen LogP contribution is -2.19. The number of nitrogens with one attached hydrogen (secondary N) is 2. The van der Waals surface area contributed by atoms with Gasteiger partial charge in [-0.1, -0.05) is 18.2 Å². The average Bonchev–Trinajstić information content (AvgIpc) is 2.75. The second-order valence-corrected chi connectivity index (χ2v) is 6.61. The van der Waals surface area contributed by atoms with Gasteiger partial charge in [0, 0.05) is 23.0 Å². The first-order valence-corrected chi connectivity index (χ1v) is 9.25. The number of fused-ring (bicyclic) bond motifs is 1. The Morgan fingerprint density at radius 2 is 1.58 bits per heavy atom. The summed E-state index contributed by atoms with van der Waals surface area (Å²) in [5.74, 6) is 1.20. The molecule has 8 heteroatoms. The van der Waals surface area contributed by atoms with E-state index in [1.165, 1.54) is 12.1 Å². The van der Waals surface area contributed by atoms with E-state index in [0.717, 1.165) is 23.0 Å². The number of anilines is 2. The second-order valence-electron chi connectivity index (χ2n) is 6.61. The highest BCUT2D eigenvalue weighted by atomic mass is 19.4. The topological polar surface area (TPSA) is 63.2 Å². The van der Waals surface area contributed by atoms with E-state index in [1.54, 1.807) is 36.5 Å². The van der Waals surface area contributed by atoms with Gasteiger partial charge in [-0.25, -0.2) is 4.79 Å². The van der Waals surface area contributed by atoms with Crippen molar-refractivity contribution in [3.05, 3.63) is 90.6 Å². The van der Waals surface area contributed by atoms with E-state index in [0.29, 0.717) is 17.2 Å². The lowest BCUT2D eigenvalue weighted by Gasteiger charge is -2.12. The SMILES string of the molecule is O=C(Nc1ccc(Oc2ccnc3ccccc23)cc1)Nc1cccc(C(F)(F)F)c1. The molecule has 2 amide bonds. The molecule has 2 N–H and O–H groups in total. The maximum atomic E-state index is 12.8. The van der Waals surface area contributed by atoms with Crippen molar-refractivity contribution < 1.29 is 22.7 Å². The number of carbonyl (C=O) groups excluding carboxylic acids is 1. The highest BCUT2D eigenvalue weighted by Gasteiger charge is 2.30. The van der Waals surface area contributed by atoms with Crippen molar-refractivity contribution in [3.8, 4) is 11.5 Å². The lowest BCUT2D eigenvalue weighted by molar-refractivity contribution is -0.137. The number of nitrogens with zero attached hydrogens (tertiary/aromatic N) is 1. The van der Waals surface area contributed by atoms with Crippen LogP contribution in [0.25, 0.3) is 10.9 Å². The Bertz CT molecular complexity index is 1220. The Morgan fingerprint density at radius 3 is 2.35 bits per heavy atom. The molecule has 3 aromatic carbocycles. The first kappa shape index (κ1) is 20.2. The van der Waals surface area contributed by atoms with Crippen molar-refractivity contribution >= 4 is 28.3 Å². The van der Waals surface area contributed by atoms with E-state index in [-0.39, 0.29) is 5.69 Å². The van der Waals surface area contributed by atoms with Crippen LogP contribution in [0.2, 0.25) is 0 Å². The third-order valence-electron chi connectivity index (χ3n) is 4.40. The summed E-state index contributed by atoms with van der Waals surface area (Å²) in [7, 11) is 0. The van der Waals surface area contributed by atoms with Crippen LogP contribution in [0.5, 0.6) is 11.5 Å². The Morgan fingerprint density at radius 1 is 0.839 bits per heavy atom. The van der Waals surface area contributed by atoms with Crippen LogP contribution in [0.15, 0.2) is 85.1 Å². The smallest absolute Gasteiger partial charge is 0.416 e. The van der Waals surface area contributed by atoms with E-state index >= 15 is 0 Å². The molecular weight excluding hydrogens is 407 g/mol. The number of rotatable bonds is 4. The maximum absolute atomic E-state index is 12.8. The van der Waals surface area contributed by atoms with Crippen LogP contribution in [0.3, 0.4) is 0 Å². The zero-order chi connectivity index (χ0) is 21.8. The van der Waals surface area contributed by atoms with Crippen LogP contribution in [0.4, 0.5) is 29.3 Å². The molecule has 5 nitrogen and oxygen atoms in total. The van der Waals surface area contributed by atoms with E-state index in [2.05, 4.69) is 15.6 Å². The number of hydrogen-bond acceptors (Lipinski definition) is 3. The fraction of sp³-hybridized carbons (Fsp3) is 0.0435. The predicted octanol–water partition coefficient (Wildman–Crippen LogP) is 6.69. The predicted molar refractivity (Wildman–Crippen MR) is 112 cm³/mol. The van der Waals surface area contributed by atoms with Gasteiger partial charge in [-0.3, -0.25) is 4.98 Å². The van der Waals surface area contributed by atoms with Crippen LogP contribution in [0, 0.1) is 0 Å². The summed E-state index contributed by atoms with van der Waals surface area (Å²) in [6, 6.07) is 19.7.